The average Bonchev–Trinajstić information content (AvgIpc) is 2.49. The topological polar surface area (TPSA) is 55.6 Å². The molecule has 2 unspecified atom stereocenters. The second kappa shape index (κ2) is 4.58. The van der Waals surface area contributed by atoms with Gasteiger partial charge in [0.2, 0.25) is 0 Å². The summed E-state index contributed by atoms with van der Waals surface area (Å²) in [5, 5.41) is 0. The summed E-state index contributed by atoms with van der Waals surface area (Å²) in [7, 11) is 1.43. The van der Waals surface area contributed by atoms with Crippen LogP contribution in [0.15, 0.2) is 0 Å². The Morgan fingerprint density at radius 3 is 2.92 bits per heavy atom. The number of carbonyl (C=O) groups excluding carboxylic acids is 1. The van der Waals surface area contributed by atoms with Crippen molar-refractivity contribution < 1.29 is 9.53 Å². The van der Waals surface area contributed by atoms with E-state index >= 15 is 0 Å². The zero-order valence-corrected chi connectivity index (χ0v) is 8.32. The van der Waals surface area contributed by atoms with Gasteiger partial charge in [-0.3, -0.25) is 4.79 Å². The summed E-state index contributed by atoms with van der Waals surface area (Å²) in [4.78, 5) is 13.3. The van der Waals surface area contributed by atoms with Crippen molar-refractivity contribution in [3.8, 4) is 0 Å². The Morgan fingerprint density at radius 1 is 1.77 bits per heavy atom. The highest BCUT2D eigenvalue weighted by molar-refractivity contribution is 5.72. The lowest BCUT2D eigenvalue weighted by Crippen LogP contribution is -2.32. The van der Waals surface area contributed by atoms with Gasteiger partial charge >= 0.3 is 5.97 Å². The third-order valence-corrected chi connectivity index (χ3v) is 2.44. The molecule has 1 heterocycles. The van der Waals surface area contributed by atoms with Gasteiger partial charge in [0.05, 0.1) is 13.0 Å². The number of likely N-dealkylation sites (tertiary alicyclic amines) is 1. The normalized spacial score (nSPS) is 25.9. The molecule has 0 radical (unpaired) electrons. The molecule has 0 saturated carbocycles. The summed E-state index contributed by atoms with van der Waals surface area (Å²) >= 11 is 0. The molecule has 1 aliphatic rings. The van der Waals surface area contributed by atoms with E-state index in [0.29, 0.717) is 0 Å². The summed E-state index contributed by atoms with van der Waals surface area (Å²) < 4.78 is 4.65. The molecule has 1 aliphatic heterocycles. The zero-order valence-electron chi connectivity index (χ0n) is 8.32. The predicted molar refractivity (Wildman–Crippen MR) is 50.2 cm³/mol. The van der Waals surface area contributed by atoms with Crippen molar-refractivity contribution in [3.63, 3.8) is 0 Å². The molecule has 1 fully saturated rings. The molecule has 0 spiro atoms. The van der Waals surface area contributed by atoms with Crippen molar-refractivity contribution in [1.82, 2.24) is 4.90 Å². The lowest BCUT2D eigenvalue weighted by Gasteiger charge is -2.18. The molecule has 76 valence electrons. The first-order valence-corrected chi connectivity index (χ1v) is 4.69. The first kappa shape index (κ1) is 10.5. The monoisotopic (exact) mass is 186 g/mol. The summed E-state index contributed by atoms with van der Waals surface area (Å²) in [5.41, 5.74) is 5.75. The van der Waals surface area contributed by atoms with E-state index in [1.165, 1.54) is 7.11 Å². The number of ether oxygens (including phenoxy) is 1. The van der Waals surface area contributed by atoms with Gasteiger partial charge in [0.15, 0.2) is 0 Å². The Balaban J connectivity index is 2.28. The van der Waals surface area contributed by atoms with Gasteiger partial charge in [0.25, 0.3) is 0 Å². The maximum Gasteiger partial charge on any atom is 0.309 e. The molecule has 0 bridgehead atoms. The van der Waals surface area contributed by atoms with E-state index in [1.807, 2.05) is 6.92 Å². The van der Waals surface area contributed by atoms with E-state index in [-0.39, 0.29) is 17.9 Å². The number of esters is 1. The zero-order chi connectivity index (χ0) is 9.84. The van der Waals surface area contributed by atoms with Gasteiger partial charge < -0.3 is 15.4 Å². The minimum absolute atomic E-state index is 0.0460. The molecular formula is C9H18N2O2. The Morgan fingerprint density at radius 2 is 2.46 bits per heavy atom. The van der Waals surface area contributed by atoms with E-state index in [4.69, 9.17) is 5.73 Å². The molecule has 4 nitrogen and oxygen atoms in total. The van der Waals surface area contributed by atoms with E-state index < -0.39 is 0 Å². The van der Waals surface area contributed by atoms with Gasteiger partial charge in [0.1, 0.15) is 0 Å². The first-order chi connectivity index (χ1) is 6.13. The maximum atomic E-state index is 11.1. The van der Waals surface area contributed by atoms with Crippen molar-refractivity contribution in [3.05, 3.63) is 0 Å². The van der Waals surface area contributed by atoms with E-state index in [1.54, 1.807) is 0 Å². The molecule has 1 saturated heterocycles. The van der Waals surface area contributed by atoms with Gasteiger partial charge in [-0.15, -0.1) is 0 Å². The predicted octanol–water partition coefficient (Wildman–Crippen LogP) is -0.171. The SMILES string of the molecule is COC(=O)C(C)CN1CCC(N)C1. The van der Waals surface area contributed by atoms with Crippen molar-refractivity contribution in [1.29, 1.82) is 0 Å². The van der Waals surface area contributed by atoms with Crippen LogP contribution in [0.25, 0.3) is 0 Å². The van der Waals surface area contributed by atoms with Crippen LogP contribution in [0, 0.1) is 5.92 Å². The third kappa shape index (κ3) is 2.97. The van der Waals surface area contributed by atoms with Crippen molar-refractivity contribution in [2.24, 2.45) is 11.7 Å². The van der Waals surface area contributed by atoms with Crippen LogP contribution in [0.2, 0.25) is 0 Å². The fourth-order valence-electron chi connectivity index (χ4n) is 1.69. The average molecular weight is 186 g/mol. The molecule has 2 atom stereocenters. The number of carbonyl (C=O) groups is 1. The Hall–Kier alpha value is -0.610. The van der Waals surface area contributed by atoms with E-state index in [0.717, 1.165) is 26.1 Å². The quantitative estimate of drug-likeness (QED) is 0.622. The van der Waals surface area contributed by atoms with Crippen molar-refractivity contribution >= 4 is 5.97 Å². The fourth-order valence-corrected chi connectivity index (χ4v) is 1.69. The van der Waals surface area contributed by atoms with Gasteiger partial charge in [0, 0.05) is 19.1 Å². The van der Waals surface area contributed by atoms with Gasteiger partial charge in [-0.05, 0) is 13.0 Å². The lowest BCUT2D eigenvalue weighted by atomic mass is 10.2. The number of rotatable bonds is 3. The lowest BCUT2D eigenvalue weighted by molar-refractivity contribution is -0.145. The number of hydrogen-bond donors (Lipinski definition) is 1. The molecule has 0 aliphatic carbocycles. The highest BCUT2D eigenvalue weighted by atomic mass is 16.5. The second-order valence-electron chi connectivity index (χ2n) is 3.73. The number of methoxy groups -OCH3 is 1. The summed E-state index contributed by atoms with van der Waals surface area (Å²) in [5.74, 6) is -0.184. The van der Waals surface area contributed by atoms with Crippen molar-refractivity contribution in [2.75, 3.05) is 26.7 Å². The van der Waals surface area contributed by atoms with Crippen LogP contribution in [0.3, 0.4) is 0 Å². The molecule has 0 aromatic rings. The molecule has 0 aromatic carbocycles. The molecular weight excluding hydrogens is 168 g/mol. The third-order valence-electron chi connectivity index (χ3n) is 2.44. The number of hydrogen-bond acceptors (Lipinski definition) is 4. The Bertz CT molecular complexity index is 184. The molecule has 1 rings (SSSR count). The minimum atomic E-state index is -0.138. The van der Waals surface area contributed by atoms with Crippen LogP contribution in [0.5, 0.6) is 0 Å². The first-order valence-electron chi connectivity index (χ1n) is 4.69. The van der Waals surface area contributed by atoms with E-state index in [2.05, 4.69) is 9.64 Å². The standard InChI is InChI=1S/C9H18N2O2/c1-7(9(12)13-2)5-11-4-3-8(10)6-11/h7-8H,3-6,10H2,1-2H3. The van der Waals surface area contributed by atoms with Crippen LogP contribution < -0.4 is 5.73 Å². The van der Waals surface area contributed by atoms with Crippen LogP contribution >= 0.6 is 0 Å². The Labute approximate surface area is 79.0 Å². The molecule has 4 heteroatoms. The molecule has 13 heavy (non-hydrogen) atoms. The van der Waals surface area contributed by atoms with Crippen LogP contribution in [-0.4, -0.2) is 43.7 Å². The largest absolute Gasteiger partial charge is 0.469 e. The van der Waals surface area contributed by atoms with Crippen LogP contribution in [0.1, 0.15) is 13.3 Å². The van der Waals surface area contributed by atoms with Gasteiger partial charge in [-0.2, -0.15) is 0 Å². The summed E-state index contributed by atoms with van der Waals surface area (Å²) in [6.07, 6.45) is 1.04. The smallest absolute Gasteiger partial charge is 0.309 e. The highest BCUT2D eigenvalue weighted by Gasteiger charge is 2.23. The minimum Gasteiger partial charge on any atom is -0.469 e. The second-order valence-corrected chi connectivity index (χ2v) is 3.73. The summed E-state index contributed by atoms with van der Waals surface area (Å²) in [6.45, 7) is 4.56. The maximum absolute atomic E-state index is 11.1. The van der Waals surface area contributed by atoms with Gasteiger partial charge in [-0.1, -0.05) is 6.92 Å². The highest BCUT2D eigenvalue weighted by Crippen LogP contribution is 2.10. The van der Waals surface area contributed by atoms with E-state index in [9.17, 15) is 4.79 Å². The number of nitrogens with two attached hydrogens (primary N) is 1. The Kier molecular flexibility index (Phi) is 3.69. The molecule has 0 amide bonds. The fraction of sp³-hybridized carbons (Fsp3) is 0.889. The van der Waals surface area contributed by atoms with Crippen LogP contribution in [-0.2, 0) is 9.53 Å². The molecule has 2 N–H and O–H groups in total. The van der Waals surface area contributed by atoms with Gasteiger partial charge in [-0.25, -0.2) is 0 Å². The van der Waals surface area contributed by atoms with Crippen LogP contribution in [0.4, 0.5) is 0 Å². The number of nitrogens with zero attached hydrogens (tertiary/aromatic N) is 1. The summed E-state index contributed by atoms with van der Waals surface area (Å²) in [6, 6.07) is 0.282. The molecule has 0 aromatic heterocycles. The van der Waals surface area contributed by atoms with Crippen molar-refractivity contribution in [2.45, 2.75) is 19.4 Å².